The molecule has 1 amide bonds. The molecule has 0 aliphatic carbocycles. The Labute approximate surface area is 172 Å². The van der Waals surface area contributed by atoms with E-state index in [0.717, 1.165) is 76.9 Å². The second-order valence-corrected chi connectivity index (χ2v) is 7.48. The number of nitrogens with one attached hydrogen (secondary N) is 1. The van der Waals surface area contributed by atoms with Gasteiger partial charge in [-0.3, -0.25) is 4.79 Å². The van der Waals surface area contributed by atoms with Crippen molar-refractivity contribution in [1.29, 1.82) is 0 Å². The molecule has 1 aromatic heterocycles. The number of aromatic nitrogens is 1. The molecule has 2 rings (SSSR count). The molecule has 1 aliphatic rings. The van der Waals surface area contributed by atoms with Crippen molar-refractivity contribution in [2.75, 3.05) is 51.3 Å². The average molecular weight is 408 g/mol. The van der Waals surface area contributed by atoms with Crippen molar-refractivity contribution in [3.05, 3.63) is 34.0 Å². The van der Waals surface area contributed by atoms with E-state index in [4.69, 9.17) is 0 Å². The van der Waals surface area contributed by atoms with Crippen molar-refractivity contribution in [3.8, 4) is 0 Å². The molecule has 1 fully saturated rings. The number of hydrogen-bond acceptors (Lipinski definition) is 7. The van der Waals surface area contributed by atoms with Gasteiger partial charge < -0.3 is 20.0 Å². The summed E-state index contributed by atoms with van der Waals surface area (Å²) in [5, 5.41) is 12.2. The fourth-order valence-corrected chi connectivity index (χ4v) is 3.30. The third kappa shape index (κ3) is 9.08. The van der Waals surface area contributed by atoms with E-state index in [1.165, 1.54) is 0 Å². The largest absolute Gasteiger partial charge is 0.354 e. The van der Waals surface area contributed by atoms with Crippen LogP contribution in [0.25, 0.3) is 0 Å². The predicted molar refractivity (Wildman–Crippen MR) is 112 cm³/mol. The summed E-state index contributed by atoms with van der Waals surface area (Å²) in [6.45, 7) is 4.82. The van der Waals surface area contributed by atoms with Crippen molar-refractivity contribution in [2.24, 2.45) is 0 Å². The molecule has 0 spiro atoms. The maximum Gasteiger partial charge on any atom is 0.294 e. The van der Waals surface area contributed by atoms with E-state index in [1.54, 1.807) is 6.20 Å². The van der Waals surface area contributed by atoms with E-state index >= 15 is 0 Å². The molecule has 0 atom stereocenters. The molecule has 0 bridgehead atoms. The van der Waals surface area contributed by atoms with Gasteiger partial charge in [0.25, 0.3) is 11.0 Å². The van der Waals surface area contributed by atoms with Gasteiger partial charge in [-0.2, -0.15) is 0 Å². The molecule has 1 N–H and O–H groups in total. The van der Waals surface area contributed by atoms with Crippen LogP contribution in [0.3, 0.4) is 0 Å². The number of hydrogen-bond donors (Lipinski definition) is 1. The monoisotopic (exact) mass is 407 g/mol. The molecule has 1 saturated heterocycles. The SMILES string of the molecule is CN1CCN(c2ccc(C(=O)NCCCCCCCCCO[N+](=O)[O-])cn2)CC1. The minimum atomic E-state index is -0.744. The van der Waals surface area contributed by atoms with E-state index < -0.39 is 5.09 Å². The average Bonchev–Trinajstić information content (AvgIpc) is 2.72. The van der Waals surface area contributed by atoms with Crippen molar-refractivity contribution >= 4 is 11.7 Å². The lowest BCUT2D eigenvalue weighted by Crippen LogP contribution is -2.44. The van der Waals surface area contributed by atoms with E-state index in [9.17, 15) is 14.9 Å². The van der Waals surface area contributed by atoms with Gasteiger partial charge in [-0.25, -0.2) is 4.98 Å². The number of piperazine rings is 1. The molecule has 1 aromatic rings. The normalized spacial score (nSPS) is 14.6. The van der Waals surface area contributed by atoms with Crippen LogP contribution in [0.2, 0.25) is 0 Å². The molecule has 162 valence electrons. The van der Waals surface area contributed by atoms with Crippen molar-refractivity contribution in [3.63, 3.8) is 0 Å². The van der Waals surface area contributed by atoms with Crippen LogP contribution in [-0.4, -0.2) is 67.3 Å². The van der Waals surface area contributed by atoms with Gasteiger partial charge in [-0.15, -0.1) is 10.1 Å². The Bertz CT molecular complexity index is 618. The van der Waals surface area contributed by atoms with Crippen LogP contribution < -0.4 is 10.2 Å². The molecule has 2 heterocycles. The summed E-state index contributed by atoms with van der Waals surface area (Å²) < 4.78 is 0. The highest BCUT2D eigenvalue weighted by molar-refractivity contribution is 5.94. The summed E-state index contributed by atoms with van der Waals surface area (Å²) in [6, 6.07) is 3.77. The number of carbonyl (C=O) groups excluding carboxylic acids is 1. The Kier molecular flexibility index (Phi) is 10.2. The number of pyridine rings is 1. The first kappa shape index (κ1) is 22.9. The van der Waals surface area contributed by atoms with Crippen molar-refractivity contribution < 1.29 is 14.7 Å². The van der Waals surface area contributed by atoms with Gasteiger partial charge in [0.1, 0.15) is 5.82 Å². The second kappa shape index (κ2) is 12.9. The van der Waals surface area contributed by atoms with E-state index in [0.29, 0.717) is 12.1 Å². The minimum absolute atomic E-state index is 0.0757. The molecular formula is C20H33N5O4. The molecule has 29 heavy (non-hydrogen) atoms. The predicted octanol–water partition coefficient (Wildman–Crippen LogP) is 2.50. The third-order valence-electron chi connectivity index (χ3n) is 5.14. The zero-order valence-corrected chi connectivity index (χ0v) is 17.3. The fourth-order valence-electron chi connectivity index (χ4n) is 3.30. The van der Waals surface area contributed by atoms with Crippen LogP contribution in [0.4, 0.5) is 5.82 Å². The van der Waals surface area contributed by atoms with E-state index in [2.05, 4.69) is 32.0 Å². The number of unbranched alkanes of at least 4 members (excludes halogenated alkanes) is 6. The molecule has 0 saturated carbocycles. The number of anilines is 1. The molecule has 1 aliphatic heterocycles. The summed E-state index contributed by atoms with van der Waals surface area (Å²) in [6.07, 6.45) is 8.59. The fraction of sp³-hybridized carbons (Fsp3) is 0.700. The Morgan fingerprint density at radius 1 is 1.10 bits per heavy atom. The molecule has 0 radical (unpaired) electrons. The number of carbonyl (C=O) groups is 1. The first-order valence-electron chi connectivity index (χ1n) is 10.5. The molecule has 0 aromatic carbocycles. The highest BCUT2D eigenvalue weighted by Gasteiger charge is 2.15. The summed E-state index contributed by atoms with van der Waals surface area (Å²) in [7, 11) is 2.12. The summed E-state index contributed by atoms with van der Waals surface area (Å²) in [5.41, 5.74) is 0.597. The zero-order valence-electron chi connectivity index (χ0n) is 17.3. The van der Waals surface area contributed by atoms with Gasteiger partial charge >= 0.3 is 0 Å². The van der Waals surface area contributed by atoms with Crippen molar-refractivity contribution in [2.45, 2.75) is 44.9 Å². The van der Waals surface area contributed by atoms with Crippen LogP contribution in [-0.2, 0) is 4.84 Å². The maximum atomic E-state index is 12.2. The van der Waals surface area contributed by atoms with Crippen LogP contribution in [0.15, 0.2) is 18.3 Å². The third-order valence-corrected chi connectivity index (χ3v) is 5.14. The highest BCUT2D eigenvalue weighted by Crippen LogP contribution is 2.13. The van der Waals surface area contributed by atoms with Crippen LogP contribution in [0.1, 0.15) is 55.3 Å². The topological polar surface area (TPSA) is 101 Å². The minimum Gasteiger partial charge on any atom is -0.354 e. The molecular weight excluding hydrogens is 374 g/mol. The van der Waals surface area contributed by atoms with Crippen LogP contribution >= 0.6 is 0 Å². The Hall–Kier alpha value is -2.42. The van der Waals surface area contributed by atoms with E-state index in [1.807, 2.05) is 12.1 Å². The summed E-state index contributed by atoms with van der Waals surface area (Å²) in [5.74, 6) is 0.854. The molecule has 0 unspecified atom stereocenters. The standard InChI is InChI=1S/C20H33N5O4/c1-23-12-14-24(15-13-23)19-10-9-18(17-22-19)20(26)21-11-7-5-3-2-4-6-8-16-29-25(27)28/h9-10,17H,2-8,11-16H2,1H3,(H,21,26). The lowest BCUT2D eigenvalue weighted by Gasteiger charge is -2.33. The number of likely N-dealkylation sites (N-methyl/N-ethyl adjacent to an activating group) is 1. The first-order chi connectivity index (χ1) is 14.1. The quantitative estimate of drug-likeness (QED) is 0.304. The van der Waals surface area contributed by atoms with Gasteiger partial charge in [-0.05, 0) is 32.0 Å². The van der Waals surface area contributed by atoms with Gasteiger partial charge in [0.2, 0.25) is 0 Å². The Balaban J connectivity index is 1.51. The number of nitrogens with zero attached hydrogens (tertiary/aromatic N) is 4. The lowest BCUT2D eigenvalue weighted by molar-refractivity contribution is -0.757. The second-order valence-electron chi connectivity index (χ2n) is 7.48. The van der Waals surface area contributed by atoms with Gasteiger partial charge in [0, 0.05) is 38.9 Å². The maximum absolute atomic E-state index is 12.2. The first-order valence-corrected chi connectivity index (χ1v) is 10.5. The molecule has 9 nitrogen and oxygen atoms in total. The number of amides is 1. The summed E-state index contributed by atoms with van der Waals surface area (Å²) >= 11 is 0. The van der Waals surface area contributed by atoms with Gasteiger partial charge in [0.05, 0.1) is 12.2 Å². The number of rotatable bonds is 13. The highest BCUT2D eigenvalue weighted by atomic mass is 16.9. The van der Waals surface area contributed by atoms with Gasteiger partial charge in [0.15, 0.2) is 0 Å². The van der Waals surface area contributed by atoms with Crippen LogP contribution in [0.5, 0.6) is 0 Å². The molecule has 9 heteroatoms. The van der Waals surface area contributed by atoms with Crippen molar-refractivity contribution in [1.82, 2.24) is 15.2 Å². The van der Waals surface area contributed by atoms with E-state index in [-0.39, 0.29) is 12.5 Å². The van der Waals surface area contributed by atoms with Crippen LogP contribution in [0, 0.1) is 10.1 Å². The zero-order chi connectivity index (χ0) is 20.9. The Morgan fingerprint density at radius 2 is 1.76 bits per heavy atom. The smallest absolute Gasteiger partial charge is 0.294 e. The summed E-state index contributed by atoms with van der Waals surface area (Å²) in [4.78, 5) is 35.5. The van der Waals surface area contributed by atoms with Gasteiger partial charge in [-0.1, -0.05) is 32.1 Å². The Morgan fingerprint density at radius 3 is 2.38 bits per heavy atom. The lowest BCUT2D eigenvalue weighted by atomic mass is 10.1.